The Morgan fingerprint density at radius 2 is 1.68 bits per heavy atom. The molecule has 3 heterocycles. The van der Waals surface area contributed by atoms with Crippen molar-refractivity contribution in [3.05, 3.63) is 59.7 Å². The van der Waals surface area contributed by atoms with E-state index in [0.29, 0.717) is 48.3 Å². The summed E-state index contributed by atoms with van der Waals surface area (Å²) in [4.78, 5) is 29.1. The van der Waals surface area contributed by atoms with E-state index < -0.39 is 6.36 Å². The first kappa shape index (κ1) is 21.9. The lowest BCUT2D eigenvalue weighted by Crippen LogP contribution is -2.35. The highest BCUT2D eigenvalue weighted by molar-refractivity contribution is 5.97. The number of halogens is 3. The first-order chi connectivity index (χ1) is 16.2. The minimum Gasteiger partial charge on any atom is -0.406 e. The molecule has 0 bridgehead atoms. The van der Waals surface area contributed by atoms with E-state index in [0.717, 1.165) is 0 Å². The molecule has 2 aliphatic heterocycles. The zero-order chi connectivity index (χ0) is 23.9. The van der Waals surface area contributed by atoms with Gasteiger partial charge in [0.1, 0.15) is 16.8 Å². The number of rotatable bonds is 4. The number of ether oxygens (including phenoxy) is 1. The van der Waals surface area contributed by atoms with Gasteiger partial charge in [-0.1, -0.05) is 12.1 Å². The van der Waals surface area contributed by atoms with E-state index in [2.05, 4.69) is 20.1 Å². The molecule has 2 amide bonds. The minimum atomic E-state index is -4.77. The summed E-state index contributed by atoms with van der Waals surface area (Å²) < 4.78 is 41.1. The van der Waals surface area contributed by atoms with E-state index in [1.165, 1.54) is 30.4 Å². The molecule has 2 unspecified atom stereocenters. The number of likely N-dealkylation sites (tertiary alicyclic amines) is 2. The Bertz CT molecular complexity index is 1260. The van der Waals surface area contributed by atoms with Crippen LogP contribution in [-0.4, -0.2) is 69.6 Å². The van der Waals surface area contributed by atoms with Crippen molar-refractivity contribution in [3.8, 4) is 5.75 Å². The fourth-order valence-electron chi connectivity index (χ4n) is 4.58. The third kappa shape index (κ3) is 4.59. The molecule has 2 aromatic carbocycles. The van der Waals surface area contributed by atoms with Gasteiger partial charge in [-0.05, 0) is 42.0 Å². The molecule has 8 nitrogen and oxygen atoms in total. The maximum Gasteiger partial charge on any atom is 0.573 e. The second kappa shape index (κ2) is 8.47. The zero-order valence-corrected chi connectivity index (χ0v) is 17.8. The number of aromatic nitrogens is 3. The summed E-state index contributed by atoms with van der Waals surface area (Å²) in [5.41, 5.74) is 2.30. The van der Waals surface area contributed by atoms with Crippen molar-refractivity contribution in [1.82, 2.24) is 25.2 Å². The number of aromatic amines is 1. The molecule has 176 valence electrons. The fourth-order valence-corrected chi connectivity index (χ4v) is 4.58. The minimum absolute atomic E-state index is 0.0713. The third-order valence-corrected chi connectivity index (χ3v) is 6.16. The average Bonchev–Trinajstić information content (AvgIpc) is 3.50. The van der Waals surface area contributed by atoms with Gasteiger partial charge < -0.3 is 14.5 Å². The SMILES string of the molecule is O=C(/C=C/c1cccc(OC(F)(F)F)c1)N1CC2CN(C(=O)c3ccc4n[nH]nc4c3)CC2C1. The van der Waals surface area contributed by atoms with Gasteiger partial charge in [0.05, 0.1) is 0 Å². The molecule has 0 aliphatic carbocycles. The molecule has 2 atom stereocenters. The Hall–Kier alpha value is -3.89. The lowest BCUT2D eigenvalue weighted by Gasteiger charge is -2.21. The first-order valence-corrected chi connectivity index (χ1v) is 10.7. The molecule has 3 aromatic rings. The van der Waals surface area contributed by atoms with E-state index in [9.17, 15) is 22.8 Å². The average molecular weight is 471 g/mol. The van der Waals surface area contributed by atoms with Gasteiger partial charge in [0, 0.05) is 49.7 Å². The predicted molar refractivity (Wildman–Crippen MR) is 116 cm³/mol. The lowest BCUT2D eigenvalue weighted by molar-refractivity contribution is -0.274. The number of hydrogen-bond donors (Lipinski definition) is 1. The van der Waals surface area contributed by atoms with E-state index in [-0.39, 0.29) is 29.4 Å². The molecule has 2 saturated heterocycles. The summed E-state index contributed by atoms with van der Waals surface area (Å²) in [6, 6.07) is 10.6. The van der Waals surface area contributed by atoms with Gasteiger partial charge in [0.25, 0.3) is 5.91 Å². The predicted octanol–water partition coefficient (Wildman–Crippen LogP) is 3.10. The summed E-state index contributed by atoms with van der Waals surface area (Å²) in [6.07, 6.45) is -1.96. The number of alkyl halides is 3. The molecule has 0 radical (unpaired) electrons. The molecule has 2 fully saturated rings. The molecule has 5 rings (SSSR count). The Morgan fingerprint density at radius 1 is 0.971 bits per heavy atom. The fraction of sp³-hybridized carbons (Fsp3) is 0.304. The summed E-state index contributed by atoms with van der Waals surface area (Å²) in [5.74, 6) is -0.268. The van der Waals surface area contributed by atoms with Crippen molar-refractivity contribution in [1.29, 1.82) is 0 Å². The number of nitrogens with zero attached hydrogens (tertiary/aromatic N) is 4. The molecule has 0 saturated carbocycles. The van der Waals surface area contributed by atoms with Gasteiger partial charge in [-0.3, -0.25) is 9.59 Å². The number of hydrogen-bond acceptors (Lipinski definition) is 5. The van der Waals surface area contributed by atoms with Crippen molar-refractivity contribution in [3.63, 3.8) is 0 Å². The van der Waals surface area contributed by atoms with E-state index >= 15 is 0 Å². The number of fused-ring (bicyclic) bond motifs is 2. The maximum atomic E-state index is 12.9. The normalized spacial score (nSPS) is 20.3. The third-order valence-electron chi connectivity index (χ3n) is 6.16. The Labute approximate surface area is 192 Å². The number of H-pyrrole nitrogens is 1. The molecule has 1 aromatic heterocycles. The Morgan fingerprint density at radius 3 is 2.41 bits per heavy atom. The molecule has 0 spiro atoms. The highest BCUT2D eigenvalue weighted by Gasteiger charge is 2.42. The van der Waals surface area contributed by atoms with Gasteiger partial charge in [-0.15, -0.1) is 13.2 Å². The van der Waals surface area contributed by atoms with Crippen LogP contribution in [-0.2, 0) is 4.79 Å². The monoisotopic (exact) mass is 471 g/mol. The highest BCUT2D eigenvalue weighted by Crippen LogP contribution is 2.32. The van der Waals surface area contributed by atoms with E-state index in [1.54, 1.807) is 34.1 Å². The van der Waals surface area contributed by atoms with Crippen molar-refractivity contribution in [2.75, 3.05) is 26.2 Å². The molecular weight excluding hydrogens is 451 g/mol. The Kier molecular flexibility index (Phi) is 5.46. The maximum absolute atomic E-state index is 12.9. The van der Waals surface area contributed by atoms with Crippen molar-refractivity contribution < 1.29 is 27.5 Å². The molecule has 34 heavy (non-hydrogen) atoms. The number of nitrogens with one attached hydrogen (secondary N) is 1. The van der Waals surface area contributed by atoms with Crippen molar-refractivity contribution in [2.45, 2.75) is 6.36 Å². The van der Waals surface area contributed by atoms with Gasteiger partial charge >= 0.3 is 6.36 Å². The number of carbonyl (C=O) groups excluding carboxylic acids is 2. The Balaban J connectivity index is 1.17. The summed E-state index contributed by atoms with van der Waals surface area (Å²) in [7, 11) is 0. The van der Waals surface area contributed by atoms with Crippen LogP contribution in [0.25, 0.3) is 17.1 Å². The first-order valence-electron chi connectivity index (χ1n) is 10.7. The number of benzene rings is 2. The zero-order valence-electron chi connectivity index (χ0n) is 17.8. The van der Waals surface area contributed by atoms with Crippen molar-refractivity contribution >= 4 is 28.9 Å². The summed E-state index contributed by atoms with van der Waals surface area (Å²) >= 11 is 0. The van der Waals surface area contributed by atoms with E-state index in [4.69, 9.17) is 0 Å². The number of carbonyl (C=O) groups is 2. The summed E-state index contributed by atoms with van der Waals surface area (Å²) in [6.45, 7) is 2.17. The lowest BCUT2D eigenvalue weighted by atomic mass is 10.0. The molecule has 11 heteroatoms. The van der Waals surface area contributed by atoms with Crippen LogP contribution in [0.5, 0.6) is 5.75 Å². The molecular formula is C23H20F3N5O3. The van der Waals surface area contributed by atoms with Crippen LogP contribution in [0.1, 0.15) is 15.9 Å². The van der Waals surface area contributed by atoms with Crippen LogP contribution in [0, 0.1) is 11.8 Å². The second-order valence-corrected chi connectivity index (χ2v) is 8.45. The standard InChI is InChI=1S/C23H20F3N5O3/c24-23(25,26)34-18-3-1-2-14(8-18)4-7-21(32)30-10-16-12-31(13-17(16)11-30)22(33)15-5-6-19-20(9-15)28-29-27-19/h1-9,16-17H,10-13H2,(H,27,28,29)/b7-4+. The second-order valence-electron chi connectivity index (χ2n) is 8.45. The van der Waals surface area contributed by atoms with Gasteiger partial charge in [-0.25, -0.2) is 0 Å². The van der Waals surface area contributed by atoms with Gasteiger partial charge in [-0.2, -0.15) is 15.4 Å². The molecule has 2 aliphatic rings. The molecule has 1 N–H and O–H groups in total. The van der Waals surface area contributed by atoms with Crippen LogP contribution in [0.3, 0.4) is 0 Å². The highest BCUT2D eigenvalue weighted by atomic mass is 19.4. The van der Waals surface area contributed by atoms with Crippen LogP contribution >= 0.6 is 0 Å². The van der Waals surface area contributed by atoms with Gasteiger partial charge in [0.15, 0.2) is 0 Å². The van der Waals surface area contributed by atoms with Crippen LogP contribution < -0.4 is 4.74 Å². The summed E-state index contributed by atoms with van der Waals surface area (Å²) in [5, 5.41) is 10.5. The number of amides is 2. The van der Waals surface area contributed by atoms with Crippen molar-refractivity contribution in [2.24, 2.45) is 11.8 Å². The van der Waals surface area contributed by atoms with Crippen LogP contribution in [0.4, 0.5) is 13.2 Å². The largest absolute Gasteiger partial charge is 0.573 e. The van der Waals surface area contributed by atoms with E-state index in [1.807, 2.05) is 0 Å². The van der Waals surface area contributed by atoms with Crippen LogP contribution in [0.2, 0.25) is 0 Å². The van der Waals surface area contributed by atoms with Crippen LogP contribution in [0.15, 0.2) is 48.5 Å². The quantitative estimate of drug-likeness (QED) is 0.591. The topological polar surface area (TPSA) is 91.4 Å². The van der Waals surface area contributed by atoms with Gasteiger partial charge in [0.2, 0.25) is 5.91 Å². The smallest absolute Gasteiger partial charge is 0.406 e.